The summed E-state index contributed by atoms with van der Waals surface area (Å²) in [6, 6.07) is 57.3. The Bertz CT molecular complexity index is 3110. The number of benzene rings is 7. The number of thiophene rings is 1. The molecule has 0 aliphatic carbocycles. The van der Waals surface area contributed by atoms with Crippen LogP contribution in [0.3, 0.4) is 0 Å². The fraction of sp³-hybridized carbons (Fsp3) is 0. The number of aromatic nitrogens is 3. The van der Waals surface area contributed by atoms with Crippen LogP contribution in [0.4, 0.5) is 0 Å². The molecule has 4 aromatic heterocycles. The third-order valence-electron chi connectivity index (χ3n) is 10.1. The number of pyridine rings is 1. The first-order valence-corrected chi connectivity index (χ1v) is 17.4. The lowest BCUT2D eigenvalue weighted by atomic mass is 10.0. The van der Waals surface area contributed by atoms with Gasteiger partial charge in [0, 0.05) is 64.7 Å². The molecule has 0 aliphatic rings. The van der Waals surface area contributed by atoms with E-state index in [0.29, 0.717) is 0 Å². The second-order valence-corrected chi connectivity index (χ2v) is 13.9. The van der Waals surface area contributed by atoms with E-state index in [9.17, 15) is 0 Å². The fourth-order valence-electron chi connectivity index (χ4n) is 7.92. The van der Waals surface area contributed by atoms with Gasteiger partial charge in [0.05, 0.1) is 27.6 Å². The predicted octanol–water partition coefficient (Wildman–Crippen LogP) is 12.5. The largest absolute Gasteiger partial charge is 0.309 e. The Morgan fingerprint density at radius 1 is 0.388 bits per heavy atom. The first-order valence-electron chi connectivity index (χ1n) is 16.6. The highest BCUT2D eigenvalue weighted by atomic mass is 32.1. The summed E-state index contributed by atoms with van der Waals surface area (Å²) in [4.78, 5) is 4.98. The molecule has 0 aliphatic heterocycles. The zero-order valence-corrected chi connectivity index (χ0v) is 27.2. The summed E-state index contributed by atoms with van der Waals surface area (Å²) in [6.45, 7) is 0. The maximum Gasteiger partial charge on any atom is 0.0737 e. The molecule has 4 heterocycles. The van der Waals surface area contributed by atoms with Crippen molar-refractivity contribution in [2.45, 2.75) is 0 Å². The van der Waals surface area contributed by atoms with E-state index in [1.54, 1.807) is 0 Å². The second kappa shape index (κ2) is 10.1. The van der Waals surface area contributed by atoms with Gasteiger partial charge in [-0.05, 0) is 83.9 Å². The second-order valence-electron chi connectivity index (χ2n) is 12.8. The molecule has 0 amide bonds. The highest BCUT2D eigenvalue weighted by molar-refractivity contribution is 7.26. The molecule has 7 aromatic carbocycles. The first kappa shape index (κ1) is 26.8. The third-order valence-corrected chi connectivity index (χ3v) is 11.4. The molecule has 11 aromatic rings. The van der Waals surface area contributed by atoms with Crippen LogP contribution >= 0.6 is 11.3 Å². The van der Waals surface area contributed by atoms with Crippen molar-refractivity contribution in [3.05, 3.63) is 164 Å². The van der Waals surface area contributed by atoms with Gasteiger partial charge in [-0.2, -0.15) is 0 Å². The molecule has 228 valence electrons. The molecule has 0 spiro atoms. The minimum absolute atomic E-state index is 1.02. The van der Waals surface area contributed by atoms with Crippen LogP contribution in [0.15, 0.2) is 164 Å². The molecule has 0 radical (unpaired) electrons. The SMILES string of the molecule is c1ccc(-n2c3ccccc3c3cc(-c4ccc5c(c4)c4ccccc4n5-c4ccc5c(c4)ncc4c6ccccc6sc54)ccc32)cc1. The lowest BCUT2D eigenvalue weighted by molar-refractivity contribution is 1.18. The molecule has 3 nitrogen and oxygen atoms in total. The number of rotatable bonds is 3. The summed E-state index contributed by atoms with van der Waals surface area (Å²) in [7, 11) is 0. The van der Waals surface area contributed by atoms with Crippen molar-refractivity contribution in [1.82, 2.24) is 14.1 Å². The van der Waals surface area contributed by atoms with Gasteiger partial charge in [0.15, 0.2) is 0 Å². The molecule has 0 fully saturated rings. The molecule has 0 N–H and O–H groups in total. The van der Waals surface area contributed by atoms with Gasteiger partial charge >= 0.3 is 0 Å². The van der Waals surface area contributed by atoms with E-state index >= 15 is 0 Å². The molecule has 11 rings (SSSR count). The van der Waals surface area contributed by atoms with Gasteiger partial charge in [0.2, 0.25) is 0 Å². The maximum absolute atomic E-state index is 4.98. The topological polar surface area (TPSA) is 22.8 Å². The van der Waals surface area contributed by atoms with Crippen molar-refractivity contribution in [3.63, 3.8) is 0 Å². The van der Waals surface area contributed by atoms with E-state index in [1.807, 2.05) is 17.5 Å². The van der Waals surface area contributed by atoms with E-state index in [1.165, 1.54) is 86.0 Å². The van der Waals surface area contributed by atoms with Crippen LogP contribution in [0.2, 0.25) is 0 Å². The Balaban J connectivity index is 1.09. The molecule has 49 heavy (non-hydrogen) atoms. The van der Waals surface area contributed by atoms with Gasteiger partial charge in [-0.1, -0.05) is 84.9 Å². The van der Waals surface area contributed by atoms with Gasteiger partial charge in [0.25, 0.3) is 0 Å². The van der Waals surface area contributed by atoms with Crippen molar-refractivity contribution in [3.8, 4) is 22.5 Å². The number of hydrogen-bond acceptors (Lipinski definition) is 2. The Labute approximate surface area is 285 Å². The normalized spacial score (nSPS) is 12.1. The van der Waals surface area contributed by atoms with Gasteiger partial charge in [-0.25, -0.2) is 0 Å². The number of para-hydroxylation sites is 3. The number of hydrogen-bond donors (Lipinski definition) is 0. The van der Waals surface area contributed by atoms with E-state index in [2.05, 4.69) is 167 Å². The Hall–Kier alpha value is -6.23. The molecule has 0 bridgehead atoms. The number of fused-ring (bicyclic) bond motifs is 11. The predicted molar refractivity (Wildman–Crippen MR) is 209 cm³/mol. The summed E-state index contributed by atoms with van der Waals surface area (Å²) in [6.07, 6.45) is 2.05. The fourth-order valence-corrected chi connectivity index (χ4v) is 9.13. The highest BCUT2D eigenvalue weighted by Crippen LogP contribution is 2.40. The monoisotopic (exact) mass is 641 g/mol. The van der Waals surface area contributed by atoms with Gasteiger partial charge in [-0.15, -0.1) is 11.3 Å². The zero-order valence-electron chi connectivity index (χ0n) is 26.3. The Kier molecular flexibility index (Phi) is 5.54. The molecular formula is C45H27N3S. The van der Waals surface area contributed by atoms with Gasteiger partial charge < -0.3 is 9.13 Å². The van der Waals surface area contributed by atoms with Gasteiger partial charge in [-0.3, -0.25) is 4.98 Å². The van der Waals surface area contributed by atoms with Crippen LogP contribution in [0.1, 0.15) is 0 Å². The van der Waals surface area contributed by atoms with E-state index < -0.39 is 0 Å². The van der Waals surface area contributed by atoms with E-state index in [0.717, 1.165) is 11.2 Å². The third kappa shape index (κ3) is 3.86. The van der Waals surface area contributed by atoms with Crippen LogP contribution in [-0.2, 0) is 0 Å². The summed E-state index contributed by atoms with van der Waals surface area (Å²) in [5, 5.41) is 8.72. The van der Waals surface area contributed by atoms with Crippen molar-refractivity contribution in [2.24, 2.45) is 0 Å². The smallest absolute Gasteiger partial charge is 0.0737 e. The van der Waals surface area contributed by atoms with Crippen molar-refractivity contribution in [2.75, 3.05) is 0 Å². The first-order chi connectivity index (χ1) is 24.3. The minimum atomic E-state index is 1.02. The number of nitrogens with zero attached hydrogens (tertiary/aromatic N) is 3. The Morgan fingerprint density at radius 2 is 0.959 bits per heavy atom. The average Bonchev–Trinajstić information content (AvgIpc) is 3.82. The quantitative estimate of drug-likeness (QED) is 0.188. The van der Waals surface area contributed by atoms with Crippen molar-refractivity contribution < 1.29 is 0 Å². The van der Waals surface area contributed by atoms with Crippen LogP contribution < -0.4 is 0 Å². The highest BCUT2D eigenvalue weighted by Gasteiger charge is 2.17. The molecule has 0 atom stereocenters. The summed E-state index contributed by atoms with van der Waals surface area (Å²) in [5.41, 5.74) is 10.5. The molecule has 0 unspecified atom stereocenters. The average molecular weight is 642 g/mol. The van der Waals surface area contributed by atoms with E-state index in [-0.39, 0.29) is 0 Å². The van der Waals surface area contributed by atoms with Crippen LogP contribution in [0.25, 0.3) is 97.2 Å². The molecule has 0 saturated heterocycles. The standard InChI is InChI=1S/C45H27N3S/c1-2-10-30(11-3-1)47-40-15-7-4-12-32(40)36-24-28(18-22-42(36)47)29-19-23-43-37(25-29)33-13-5-8-16-41(33)48(43)31-20-21-35-39(26-31)46-27-38-34-14-6-9-17-44(34)49-45(35)38/h1-27H. The lowest BCUT2D eigenvalue weighted by Crippen LogP contribution is -1.94. The Morgan fingerprint density at radius 3 is 1.65 bits per heavy atom. The summed E-state index contributed by atoms with van der Waals surface area (Å²) >= 11 is 1.85. The minimum Gasteiger partial charge on any atom is -0.309 e. The van der Waals surface area contributed by atoms with Crippen LogP contribution in [0, 0.1) is 0 Å². The molecule has 0 saturated carbocycles. The van der Waals surface area contributed by atoms with Crippen LogP contribution in [-0.4, -0.2) is 14.1 Å². The van der Waals surface area contributed by atoms with Crippen LogP contribution in [0.5, 0.6) is 0 Å². The zero-order chi connectivity index (χ0) is 32.1. The lowest BCUT2D eigenvalue weighted by Gasteiger charge is -2.10. The maximum atomic E-state index is 4.98. The summed E-state index contributed by atoms with van der Waals surface area (Å²) < 4.78 is 7.36. The summed E-state index contributed by atoms with van der Waals surface area (Å²) in [5.74, 6) is 0. The molecular weight excluding hydrogens is 615 g/mol. The van der Waals surface area contributed by atoms with Crippen molar-refractivity contribution >= 4 is 86.0 Å². The molecule has 4 heteroatoms. The van der Waals surface area contributed by atoms with Gasteiger partial charge in [0.1, 0.15) is 0 Å². The van der Waals surface area contributed by atoms with Crippen molar-refractivity contribution in [1.29, 1.82) is 0 Å². The van der Waals surface area contributed by atoms with E-state index in [4.69, 9.17) is 4.98 Å².